The van der Waals surface area contributed by atoms with Crippen molar-refractivity contribution in [3.63, 3.8) is 0 Å². The molecule has 0 spiro atoms. The van der Waals surface area contributed by atoms with Gasteiger partial charge in [-0.25, -0.2) is 4.98 Å². The van der Waals surface area contributed by atoms with E-state index in [1.54, 1.807) is 6.20 Å². The maximum Gasteiger partial charge on any atom is 0.151 e. The predicted octanol–water partition coefficient (Wildman–Crippen LogP) is 3.95. The second kappa shape index (κ2) is 8.01. The van der Waals surface area contributed by atoms with Crippen LogP contribution in [0.15, 0.2) is 18.5 Å². The number of fused-ring (bicyclic) bond motifs is 1. The number of rotatable bonds is 6. The van der Waals surface area contributed by atoms with Crippen molar-refractivity contribution in [2.24, 2.45) is 11.8 Å². The van der Waals surface area contributed by atoms with Crippen LogP contribution >= 0.6 is 11.3 Å². The van der Waals surface area contributed by atoms with Crippen molar-refractivity contribution in [3.8, 4) is 10.6 Å². The molecule has 1 saturated carbocycles. The lowest BCUT2D eigenvalue weighted by atomic mass is 9.70. The predicted molar refractivity (Wildman–Crippen MR) is 116 cm³/mol. The number of pyridine rings is 1. The van der Waals surface area contributed by atoms with Gasteiger partial charge >= 0.3 is 0 Å². The minimum Gasteiger partial charge on any atom is -0.390 e. The van der Waals surface area contributed by atoms with Gasteiger partial charge in [-0.1, -0.05) is 25.2 Å². The summed E-state index contributed by atoms with van der Waals surface area (Å²) < 4.78 is 0. The lowest BCUT2D eigenvalue weighted by Gasteiger charge is -2.42. The molecule has 3 aromatic heterocycles. The number of aliphatic hydroxyl groups excluding tert-OH is 1. The van der Waals surface area contributed by atoms with Gasteiger partial charge in [0.1, 0.15) is 10.7 Å². The monoisotopic (exact) mass is 415 g/mol. The molecule has 4 N–H and O–H groups in total. The number of hydrogen-bond donors (Lipinski definition) is 4. The molecular weight excluding hydrogens is 386 g/mol. The van der Waals surface area contributed by atoms with E-state index in [0.29, 0.717) is 16.8 Å². The Balaban J connectivity index is 1.67. The maximum atomic E-state index is 11.0. The summed E-state index contributed by atoms with van der Waals surface area (Å²) in [6, 6.07) is 2.20. The second-order valence-electron chi connectivity index (χ2n) is 8.47. The first-order valence-electron chi connectivity index (χ1n) is 10.3. The minimum absolute atomic E-state index is 0.119. The first-order valence-corrected chi connectivity index (χ1v) is 11.1. The number of nitrogens with one attached hydrogen (secondary N) is 2. The molecule has 0 aliphatic heterocycles. The summed E-state index contributed by atoms with van der Waals surface area (Å²) in [6.45, 7) is 6.39. The normalized spacial score (nSPS) is 26.0. The fourth-order valence-electron chi connectivity index (χ4n) is 4.67. The molecule has 1 unspecified atom stereocenters. The van der Waals surface area contributed by atoms with Crippen LogP contribution in [0, 0.1) is 11.8 Å². The van der Waals surface area contributed by atoms with E-state index in [9.17, 15) is 10.2 Å². The van der Waals surface area contributed by atoms with E-state index in [2.05, 4.69) is 46.3 Å². The smallest absolute Gasteiger partial charge is 0.151 e. The number of anilines is 1. The highest BCUT2D eigenvalue weighted by Gasteiger charge is 2.38. The Morgan fingerprint density at radius 1 is 1.38 bits per heavy atom. The molecule has 29 heavy (non-hydrogen) atoms. The van der Waals surface area contributed by atoms with Gasteiger partial charge in [0.05, 0.1) is 23.5 Å². The molecule has 4 atom stereocenters. The highest BCUT2D eigenvalue weighted by Crippen LogP contribution is 2.41. The second-order valence-corrected chi connectivity index (χ2v) is 9.53. The van der Waals surface area contributed by atoms with E-state index in [1.165, 1.54) is 11.3 Å². The van der Waals surface area contributed by atoms with Crippen LogP contribution < -0.4 is 5.32 Å². The van der Waals surface area contributed by atoms with Gasteiger partial charge in [-0.15, -0.1) is 10.2 Å². The molecule has 7 nitrogen and oxygen atoms in total. The zero-order valence-electron chi connectivity index (χ0n) is 17.1. The highest BCUT2D eigenvalue weighted by atomic mass is 32.1. The number of nitrogens with zero attached hydrogens (tertiary/aromatic N) is 3. The summed E-state index contributed by atoms with van der Waals surface area (Å²) in [6.07, 6.45) is 7.27. The van der Waals surface area contributed by atoms with E-state index in [4.69, 9.17) is 0 Å². The summed E-state index contributed by atoms with van der Waals surface area (Å²) in [4.78, 5) is 7.70. The summed E-state index contributed by atoms with van der Waals surface area (Å²) in [5, 5.41) is 34.7. The molecule has 1 aliphatic rings. The summed E-state index contributed by atoms with van der Waals surface area (Å²) in [5.41, 5.74) is 2.11. The Morgan fingerprint density at radius 3 is 2.93 bits per heavy atom. The number of aliphatic hydroxyl groups is 2. The largest absolute Gasteiger partial charge is 0.390 e. The lowest BCUT2D eigenvalue weighted by Crippen LogP contribution is -2.42. The third kappa shape index (κ3) is 4.01. The van der Waals surface area contributed by atoms with Crippen molar-refractivity contribution < 1.29 is 10.2 Å². The number of aromatic amines is 1. The van der Waals surface area contributed by atoms with Crippen molar-refractivity contribution in [2.75, 3.05) is 5.32 Å². The third-order valence-corrected chi connectivity index (χ3v) is 7.17. The van der Waals surface area contributed by atoms with E-state index in [-0.39, 0.29) is 12.6 Å². The fourth-order valence-corrected chi connectivity index (χ4v) is 5.39. The van der Waals surface area contributed by atoms with Crippen molar-refractivity contribution in [1.82, 2.24) is 20.2 Å². The van der Waals surface area contributed by atoms with Crippen molar-refractivity contribution >= 4 is 28.1 Å². The first kappa shape index (κ1) is 20.3. The van der Waals surface area contributed by atoms with Gasteiger partial charge in [0.15, 0.2) is 5.01 Å². The summed E-state index contributed by atoms with van der Waals surface area (Å²) in [5.74, 6) is 0.878. The molecule has 0 bridgehead atoms. The summed E-state index contributed by atoms with van der Waals surface area (Å²) >= 11 is 1.38. The van der Waals surface area contributed by atoms with E-state index >= 15 is 0 Å². The quantitative estimate of drug-likeness (QED) is 0.486. The topological polar surface area (TPSA) is 107 Å². The van der Waals surface area contributed by atoms with Crippen LogP contribution in [0.2, 0.25) is 0 Å². The average Bonchev–Trinajstić information content (AvgIpc) is 3.37. The van der Waals surface area contributed by atoms with Gasteiger partial charge in [0.2, 0.25) is 0 Å². The van der Waals surface area contributed by atoms with Crippen LogP contribution in [-0.2, 0) is 6.61 Å². The Hall–Kier alpha value is -2.03. The van der Waals surface area contributed by atoms with Gasteiger partial charge < -0.3 is 20.5 Å². The van der Waals surface area contributed by atoms with Crippen LogP contribution in [0.25, 0.3) is 21.6 Å². The minimum atomic E-state index is -0.571. The Morgan fingerprint density at radius 2 is 2.21 bits per heavy atom. The first-order chi connectivity index (χ1) is 13.9. The molecule has 1 fully saturated rings. The zero-order valence-corrected chi connectivity index (χ0v) is 18.0. The van der Waals surface area contributed by atoms with Gasteiger partial charge in [0, 0.05) is 23.8 Å². The zero-order chi connectivity index (χ0) is 20.6. The van der Waals surface area contributed by atoms with Crippen molar-refractivity contribution in [1.29, 1.82) is 0 Å². The van der Waals surface area contributed by atoms with Crippen LogP contribution in [0.5, 0.6) is 0 Å². The van der Waals surface area contributed by atoms with E-state index in [0.717, 1.165) is 53.0 Å². The molecular formula is C21H29N5O2S. The Kier molecular flexibility index (Phi) is 5.59. The van der Waals surface area contributed by atoms with Gasteiger partial charge in [-0.3, -0.25) is 0 Å². The maximum absolute atomic E-state index is 11.0. The summed E-state index contributed by atoms with van der Waals surface area (Å²) in [7, 11) is 0. The Bertz CT molecular complexity index is 987. The van der Waals surface area contributed by atoms with E-state index < -0.39 is 5.60 Å². The molecule has 3 heterocycles. The fraction of sp³-hybridized carbons (Fsp3) is 0.571. The molecule has 4 rings (SSSR count). The third-order valence-electron chi connectivity index (χ3n) is 6.23. The SMILES string of the molecule is CC[C@]1(O)CC(C)C[C@H]([C@H](C)Nc2c(-c3nnc(CO)s3)cnc3[nH]ccc23)C1. The van der Waals surface area contributed by atoms with Crippen molar-refractivity contribution in [2.45, 2.75) is 64.7 Å². The number of hydrogen-bond acceptors (Lipinski definition) is 7. The molecule has 8 heteroatoms. The Labute approximate surface area is 174 Å². The van der Waals surface area contributed by atoms with E-state index in [1.807, 2.05) is 12.3 Å². The van der Waals surface area contributed by atoms with Crippen LogP contribution in [0.3, 0.4) is 0 Å². The van der Waals surface area contributed by atoms with Gasteiger partial charge in [-0.05, 0) is 50.5 Å². The molecule has 3 aromatic rings. The average molecular weight is 416 g/mol. The molecule has 156 valence electrons. The number of aromatic nitrogens is 4. The van der Waals surface area contributed by atoms with Crippen molar-refractivity contribution in [3.05, 3.63) is 23.5 Å². The molecule has 0 saturated heterocycles. The van der Waals surface area contributed by atoms with Crippen LogP contribution in [0.4, 0.5) is 5.69 Å². The number of H-pyrrole nitrogens is 1. The molecule has 0 aromatic carbocycles. The van der Waals surface area contributed by atoms with Gasteiger partial charge in [-0.2, -0.15) is 0 Å². The van der Waals surface area contributed by atoms with Crippen LogP contribution in [0.1, 0.15) is 51.5 Å². The molecule has 0 radical (unpaired) electrons. The van der Waals surface area contributed by atoms with Gasteiger partial charge in [0.25, 0.3) is 0 Å². The lowest BCUT2D eigenvalue weighted by molar-refractivity contribution is -0.0394. The standard InChI is InChI=1S/C21H29N5O2S/c1-4-21(28)8-12(2)7-14(9-21)13(3)24-18-15-5-6-22-19(15)23-10-16(18)20-26-25-17(11-27)29-20/h5-6,10,12-14,27-28H,4,7-9,11H2,1-3H3,(H2,22,23,24)/t12?,13-,14-,21-/m0/s1. The van der Waals surface area contributed by atoms with Crippen LogP contribution in [-0.4, -0.2) is 42.0 Å². The molecule has 0 amide bonds. The molecule has 1 aliphatic carbocycles. The highest BCUT2D eigenvalue weighted by molar-refractivity contribution is 7.14.